The van der Waals surface area contributed by atoms with E-state index in [4.69, 9.17) is 10.5 Å². The molecule has 1 aromatic carbocycles. The highest BCUT2D eigenvalue weighted by Crippen LogP contribution is 2.23. The third-order valence-electron chi connectivity index (χ3n) is 4.21. The van der Waals surface area contributed by atoms with Gasteiger partial charge in [-0.15, -0.1) is 0 Å². The molecule has 1 aliphatic carbocycles. The molecule has 0 heterocycles. The van der Waals surface area contributed by atoms with E-state index in [9.17, 15) is 0 Å². The fourth-order valence-corrected chi connectivity index (χ4v) is 3.17. The lowest BCUT2D eigenvalue weighted by molar-refractivity contribution is 0.405. The highest BCUT2D eigenvalue weighted by Gasteiger charge is 2.15. The largest absolute Gasteiger partial charge is 0.495 e. The van der Waals surface area contributed by atoms with Gasteiger partial charge in [0.2, 0.25) is 0 Å². The summed E-state index contributed by atoms with van der Waals surface area (Å²) in [6, 6.07) is 7.29. The van der Waals surface area contributed by atoms with Crippen molar-refractivity contribution in [2.24, 2.45) is 0 Å². The first-order chi connectivity index (χ1) is 9.69. The van der Waals surface area contributed by atoms with Gasteiger partial charge in [-0.3, -0.25) is 0 Å². The minimum absolute atomic E-state index is 0.492. The molecule has 20 heavy (non-hydrogen) atoms. The molecule has 2 rings (SSSR count). The van der Waals surface area contributed by atoms with E-state index in [0.717, 1.165) is 17.9 Å². The average molecular weight is 276 g/mol. The summed E-state index contributed by atoms with van der Waals surface area (Å²) in [6.07, 6.45) is 9.23. The number of hydrogen-bond acceptors (Lipinski definition) is 3. The quantitative estimate of drug-likeness (QED) is 0.639. The molecular weight excluding hydrogens is 248 g/mol. The first kappa shape index (κ1) is 15.2. The lowest BCUT2D eigenvalue weighted by Crippen LogP contribution is -2.37. The fraction of sp³-hybridized carbons (Fsp3) is 0.647. The summed E-state index contributed by atoms with van der Waals surface area (Å²) >= 11 is 0. The Morgan fingerprint density at radius 2 is 1.95 bits per heavy atom. The van der Waals surface area contributed by atoms with Crippen LogP contribution in [0, 0.1) is 0 Å². The van der Waals surface area contributed by atoms with Crippen LogP contribution < -0.4 is 15.8 Å². The summed E-state index contributed by atoms with van der Waals surface area (Å²) in [6.45, 7) is 2.27. The lowest BCUT2D eigenvalue weighted by Gasteiger charge is -2.22. The highest BCUT2D eigenvalue weighted by atomic mass is 16.5. The summed E-state index contributed by atoms with van der Waals surface area (Å²) < 4.78 is 5.20. The average Bonchev–Trinajstić information content (AvgIpc) is 2.67. The SMILES string of the molecule is COc1ccc(CC(C)NC2CCCCCC2)cc1N. The predicted molar refractivity (Wildman–Crippen MR) is 85.2 cm³/mol. The zero-order valence-corrected chi connectivity index (χ0v) is 12.8. The molecule has 112 valence electrons. The second-order valence-electron chi connectivity index (χ2n) is 6.04. The van der Waals surface area contributed by atoms with Gasteiger partial charge in [-0.2, -0.15) is 0 Å². The van der Waals surface area contributed by atoms with Gasteiger partial charge >= 0.3 is 0 Å². The molecule has 0 amide bonds. The van der Waals surface area contributed by atoms with Crippen LogP contribution >= 0.6 is 0 Å². The molecule has 0 bridgehead atoms. The van der Waals surface area contributed by atoms with Crippen LogP contribution in [0.25, 0.3) is 0 Å². The Labute approximate surface area is 122 Å². The molecular formula is C17H28N2O. The van der Waals surface area contributed by atoms with Crippen LogP contribution in [-0.2, 0) is 6.42 Å². The smallest absolute Gasteiger partial charge is 0.141 e. The van der Waals surface area contributed by atoms with Crippen LogP contribution in [0.1, 0.15) is 51.0 Å². The number of benzene rings is 1. The van der Waals surface area contributed by atoms with Crippen molar-refractivity contribution >= 4 is 5.69 Å². The zero-order chi connectivity index (χ0) is 14.4. The Hall–Kier alpha value is -1.22. The van der Waals surface area contributed by atoms with Gasteiger partial charge in [0, 0.05) is 12.1 Å². The second kappa shape index (κ2) is 7.53. The van der Waals surface area contributed by atoms with Gasteiger partial charge in [-0.1, -0.05) is 31.7 Å². The van der Waals surface area contributed by atoms with Crippen molar-refractivity contribution in [2.45, 2.75) is 64.0 Å². The molecule has 1 aromatic rings. The van der Waals surface area contributed by atoms with Crippen LogP contribution in [0.3, 0.4) is 0 Å². The molecule has 1 atom stereocenters. The molecule has 0 radical (unpaired) electrons. The topological polar surface area (TPSA) is 47.3 Å². The van der Waals surface area contributed by atoms with Gasteiger partial charge in [0.05, 0.1) is 12.8 Å². The minimum Gasteiger partial charge on any atom is -0.495 e. The van der Waals surface area contributed by atoms with Crippen LogP contribution in [0.5, 0.6) is 5.75 Å². The van der Waals surface area contributed by atoms with E-state index >= 15 is 0 Å². The molecule has 0 saturated heterocycles. The van der Waals surface area contributed by atoms with Crippen LogP contribution in [0.2, 0.25) is 0 Å². The maximum atomic E-state index is 5.97. The van der Waals surface area contributed by atoms with Gasteiger partial charge in [0.15, 0.2) is 0 Å². The van der Waals surface area contributed by atoms with Gasteiger partial charge in [-0.25, -0.2) is 0 Å². The summed E-state index contributed by atoms with van der Waals surface area (Å²) in [5.74, 6) is 0.762. The molecule has 3 N–H and O–H groups in total. The third kappa shape index (κ3) is 4.41. The minimum atomic E-state index is 0.492. The molecule has 1 unspecified atom stereocenters. The normalized spacial score (nSPS) is 18.5. The Kier molecular flexibility index (Phi) is 5.72. The highest BCUT2D eigenvalue weighted by molar-refractivity contribution is 5.54. The number of hydrogen-bond donors (Lipinski definition) is 2. The van der Waals surface area contributed by atoms with Crippen molar-refractivity contribution in [1.82, 2.24) is 5.32 Å². The van der Waals surface area contributed by atoms with Gasteiger partial charge in [0.25, 0.3) is 0 Å². The number of anilines is 1. The second-order valence-corrected chi connectivity index (χ2v) is 6.04. The van der Waals surface area contributed by atoms with Crippen molar-refractivity contribution in [2.75, 3.05) is 12.8 Å². The number of ether oxygens (including phenoxy) is 1. The Morgan fingerprint density at radius 3 is 2.55 bits per heavy atom. The number of rotatable bonds is 5. The van der Waals surface area contributed by atoms with E-state index in [0.29, 0.717) is 12.1 Å². The molecule has 0 aliphatic heterocycles. The molecule has 1 fully saturated rings. The summed E-state index contributed by atoms with van der Waals surface area (Å²) in [5.41, 5.74) is 7.97. The van der Waals surface area contributed by atoms with E-state index in [2.05, 4.69) is 18.3 Å². The molecule has 1 saturated carbocycles. The third-order valence-corrected chi connectivity index (χ3v) is 4.21. The van der Waals surface area contributed by atoms with Crippen molar-refractivity contribution in [1.29, 1.82) is 0 Å². The predicted octanol–water partition coefficient (Wildman–Crippen LogP) is 3.52. The van der Waals surface area contributed by atoms with Gasteiger partial charge < -0.3 is 15.8 Å². The maximum absolute atomic E-state index is 5.97. The fourth-order valence-electron chi connectivity index (χ4n) is 3.17. The maximum Gasteiger partial charge on any atom is 0.141 e. The molecule has 0 spiro atoms. The van der Waals surface area contributed by atoms with Crippen molar-refractivity contribution in [3.05, 3.63) is 23.8 Å². The standard InChI is InChI=1S/C17H28N2O/c1-13(19-15-7-5-3-4-6-8-15)11-14-9-10-17(20-2)16(18)12-14/h9-10,12-13,15,19H,3-8,11,18H2,1-2H3. The summed E-state index contributed by atoms with van der Waals surface area (Å²) in [4.78, 5) is 0. The number of nitrogens with two attached hydrogens (primary N) is 1. The summed E-state index contributed by atoms with van der Waals surface area (Å²) in [7, 11) is 1.65. The van der Waals surface area contributed by atoms with Gasteiger partial charge in [-0.05, 0) is 43.9 Å². The zero-order valence-electron chi connectivity index (χ0n) is 12.8. The Morgan fingerprint density at radius 1 is 1.25 bits per heavy atom. The van der Waals surface area contributed by atoms with E-state index in [-0.39, 0.29) is 0 Å². The van der Waals surface area contributed by atoms with E-state index in [1.54, 1.807) is 7.11 Å². The van der Waals surface area contributed by atoms with E-state index in [1.165, 1.54) is 44.1 Å². The van der Waals surface area contributed by atoms with Crippen molar-refractivity contribution in [3.63, 3.8) is 0 Å². The number of nitrogen functional groups attached to an aromatic ring is 1. The van der Waals surface area contributed by atoms with Crippen molar-refractivity contribution in [3.8, 4) is 5.75 Å². The number of methoxy groups -OCH3 is 1. The first-order valence-corrected chi connectivity index (χ1v) is 7.87. The summed E-state index contributed by atoms with van der Waals surface area (Å²) in [5, 5.41) is 3.78. The van der Waals surface area contributed by atoms with Crippen molar-refractivity contribution < 1.29 is 4.74 Å². The van der Waals surface area contributed by atoms with Crippen LogP contribution in [0.4, 0.5) is 5.69 Å². The van der Waals surface area contributed by atoms with E-state index in [1.807, 2.05) is 12.1 Å². The molecule has 3 heteroatoms. The lowest BCUT2D eigenvalue weighted by atomic mass is 10.0. The molecule has 3 nitrogen and oxygen atoms in total. The van der Waals surface area contributed by atoms with Gasteiger partial charge in [0.1, 0.15) is 5.75 Å². The molecule has 0 aromatic heterocycles. The Bertz CT molecular complexity index is 411. The van der Waals surface area contributed by atoms with E-state index < -0.39 is 0 Å². The monoisotopic (exact) mass is 276 g/mol. The number of nitrogens with one attached hydrogen (secondary N) is 1. The molecule has 1 aliphatic rings. The van der Waals surface area contributed by atoms with Crippen LogP contribution in [0.15, 0.2) is 18.2 Å². The van der Waals surface area contributed by atoms with Crippen LogP contribution in [-0.4, -0.2) is 19.2 Å². The Balaban J connectivity index is 1.87. The first-order valence-electron chi connectivity index (χ1n) is 7.87.